The zero-order valence-electron chi connectivity index (χ0n) is 15.3. The van der Waals surface area contributed by atoms with E-state index in [4.69, 9.17) is 11.6 Å². The third kappa shape index (κ3) is 3.30. The SMILES string of the molecule is C[C@]1(C2CC2)NC(=O)N(CN2CCN(C(=O)c3ccccc3Cl)CC2)C1=O. The molecule has 4 rings (SSSR count). The second-order valence-corrected chi connectivity index (χ2v) is 8.08. The lowest BCUT2D eigenvalue weighted by atomic mass is 9.96. The molecule has 27 heavy (non-hydrogen) atoms. The molecular formula is C19H23ClN4O3. The molecule has 0 radical (unpaired) electrons. The van der Waals surface area contributed by atoms with Gasteiger partial charge < -0.3 is 10.2 Å². The molecule has 2 saturated heterocycles. The summed E-state index contributed by atoms with van der Waals surface area (Å²) in [5, 5.41) is 3.32. The van der Waals surface area contributed by atoms with Crippen LogP contribution in [0.1, 0.15) is 30.1 Å². The first kappa shape index (κ1) is 18.3. The molecule has 1 aromatic carbocycles. The van der Waals surface area contributed by atoms with Gasteiger partial charge in [-0.15, -0.1) is 0 Å². The van der Waals surface area contributed by atoms with E-state index in [1.165, 1.54) is 4.90 Å². The maximum absolute atomic E-state index is 12.7. The minimum Gasteiger partial charge on any atom is -0.336 e. The fourth-order valence-electron chi connectivity index (χ4n) is 3.88. The van der Waals surface area contributed by atoms with Gasteiger partial charge in [0.1, 0.15) is 5.54 Å². The zero-order chi connectivity index (χ0) is 19.2. The minimum absolute atomic E-state index is 0.0865. The molecule has 2 aliphatic heterocycles. The molecule has 4 amide bonds. The highest BCUT2D eigenvalue weighted by molar-refractivity contribution is 6.33. The maximum atomic E-state index is 12.7. The Balaban J connectivity index is 1.35. The first-order chi connectivity index (χ1) is 12.9. The van der Waals surface area contributed by atoms with Crippen LogP contribution in [0.3, 0.4) is 0 Å². The molecule has 1 N–H and O–H groups in total. The van der Waals surface area contributed by atoms with Crippen molar-refractivity contribution in [2.75, 3.05) is 32.8 Å². The Bertz CT molecular complexity index is 789. The first-order valence-electron chi connectivity index (χ1n) is 9.30. The van der Waals surface area contributed by atoms with E-state index in [1.807, 2.05) is 11.8 Å². The van der Waals surface area contributed by atoms with Gasteiger partial charge in [-0.25, -0.2) is 9.69 Å². The standard InChI is InChI=1S/C19H23ClN4O3/c1-19(13-6-7-13)17(26)24(18(27)21-19)12-22-8-10-23(11-9-22)16(25)14-4-2-3-5-15(14)20/h2-5,13H,6-12H2,1H3,(H,21,27)/t19-/m1/s1. The Hall–Kier alpha value is -2.12. The van der Waals surface area contributed by atoms with Gasteiger partial charge in [0.25, 0.3) is 11.8 Å². The highest BCUT2D eigenvalue weighted by Crippen LogP contribution is 2.42. The molecule has 7 nitrogen and oxygen atoms in total. The Labute approximate surface area is 163 Å². The van der Waals surface area contributed by atoms with Gasteiger partial charge in [-0.3, -0.25) is 14.5 Å². The second kappa shape index (κ2) is 6.80. The molecule has 0 spiro atoms. The maximum Gasteiger partial charge on any atom is 0.326 e. The monoisotopic (exact) mass is 390 g/mol. The summed E-state index contributed by atoms with van der Waals surface area (Å²) >= 11 is 6.12. The van der Waals surface area contributed by atoms with E-state index in [2.05, 4.69) is 5.32 Å². The van der Waals surface area contributed by atoms with Crippen molar-refractivity contribution in [2.45, 2.75) is 25.3 Å². The van der Waals surface area contributed by atoms with Crippen LogP contribution in [0.5, 0.6) is 0 Å². The van der Waals surface area contributed by atoms with Gasteiger partial charge >= 0.3 is 6.03 Å². The number of hydrogen-bond acceptors (Lipinski definition) is 4. The van der Waals surface area contributed by atoms with E-state index in [1.54, 1.807) is 29.2 Å². The third-order valence-electron chi connectivity index (χ3n) is 5.80. The number of rotatable bonds is 4. The minimum atomic E-state index is -0.751. The molecule has 0 unspecified atom stereocenters. The number of hydrogen-bond donors (Lipinski definition) is 1. The Morgan fingerprint density at radius 3 is 2.48 bits per heavy atom. The van der Waals surface area contributed by atoms with Gasteiger partial charge in [-0.05, 0) is 37.8 Å². The fraction of sp³-hybridized carbons (Fsp3) is 0.526. The predicted octanol–water partition coefficient (Wildman–Crippen LogP) is 1.78. The van der Waals surface area contributed by atoms with Crippen molar-refractivity contribution >= 4 is 29.4 Å². The van der Waals surface area contributed by atoms with E-state index in [0.717, 1.165) is 12.8 Å². The van der Waals surface area contributed by atoms with Gasteiger partial charge in [0, 0.05) is 26.2 Å². The summed E-state index contributed by atoms with van der Waals surface area (Å²) in [4.78, 5) is 42.8. The third-order valence-corrected chi connectivity index (χ3v) is 6.13. The van der Waals surface area contributed by atoms with Crippen molar-refractivity contribution in [1.29, 1.82) is 0 Å². The van der Waals surface area contributed by atoms with Crippen LogP contribution in [0, 0.1) is 5.92 Å². The number of urea groups is 1. The average molecular weight is 391 g/mol. The van der Waals surface area contributed by atoms with Gasteiger partial charge in [-0.1, -0.05) is 23.7 Å². The highest BCUT2D eigenvalue weighted by atomic mass is 35.5. The molecule has 144 valence electrons. The van der Waals surface area contributed by atoms with Crippen molar-refractivity contribution in [2.24, 2.45) is 5.92 Å². The topological polar surface area (TPSA) is 73.0 Å². The molecule has 1 aromatic rings. The quantitative estimate of drug-likeness (QED) is 0.795. The molecule has 1 aliphatic carbocycles. The van der Waals surface area contributed by atoms with E-state index in [0.29, 0.717) is 36.8 Å². The van der Waals surface area contributed by atoms with Crippen molar-refractivity contribution < 1.29 is 14.4 Å². The molecule has 0 bridgehead atoms. The predicted molar refractivity (Wildman–Crippen MR) is 100 cm³/mol. The van der Waals surface area contributed by atoms with Crippen LogP contribution in [0.4, 0.5) is 4.79 Å². The van der Waals surface area contributed by atoms with Crippen LogP contribution in [0.15, 0.2) is 24.3 Å². The summed E-state index contributed by atoms with van der Waals surface area (Å²) in [5.41, 5.74) is -0.249. The average Bonchev–Trinajstić information content (AvgIpc) is 3.48. The highest BCUT2D eigenvalue weighted by Gasteiger charge is 2.56. The van der Waals surface area contributed by atoms with E-state index >= 15 is 0 Å². The normalized spacial score (nSPS) is 26.4. The molecule has 1 atom stereocenters. The lowest BCUT2D eigenvalue weighted by Gasteiger charge is -2.36. The molecule has 3 aliphatic rings. The number of halogens is 1. The van der Waals surface area contributed by atoms with Gasteiger partial charge in [0.05, 0.1) is 17.3 Å². The van der Waals surface area contributed by atoms with Crippen LogP contribution in [-0.4, -0.2) is 70.9 Å². The number of amides is 4. The van der Waals surface area contributed by atoms with Crippen molar-refractivity contribution in [3.8, 4) is 0 Å². The van der Waals surface area contributed by atoms with E-state index in [9.17, 15) is 14.4 Å². The number of nitrogens with one attached hydrogen (secondary N) is 1. The van der Waals surface area contributed by atoms with Crippen LogP contribution < -0.4 is 5.32 Å². The Morgan fingerprint density at radius 1 is 1.19 bits per heavy atom. The summed E-state index contributed by atoms with van der Waals surface area (Å²) in [7, 11) is 0. The molecule has 8 heteroatoms. The molecule has 0 aromatic heterocycles. The number of nitrogens with zero attached hydrogens (tertiary/aromatic N) is 3. The molecule has 3 fully saturated rings. The van der Waals surface area contributed by atoms with Gasteiger partial charge in [0.15, 0.2) is 0 Å². The Morgan fingerprint density at radius 2 is 1.85 bits per heavy atom. The van der Waals surface area contributed by atoms with Crippen LogP contribution in [0.2, 0.25) is 5.02 Å². The van der Waals surface area contributed by atoms with Crippen LogP contribution in [-0.2, 0) is 4.79 Å². The number of carbonyl (C=O) groups is 3. The largest absolute Gasteiger partial charge is 0.336 e. The van der Waals surface area contributed by atoms with Gasteiger partial charge in [-0.2, -0.15) is 0 Å². The smallest absolute Gasteiger partial charge is 0.326 e. The second-order valence-electron chi connectivity index (χ2n) is 7.67. The fourth-order valence-corrected chi connectivity index (χ4v) is 4.10. The summed E-state index contributed by atoms with van der Waals surface area (Å²) in [5.74, 6) is 0.0326. The van der Waals surface area contributed by atoms with E-state index in [-0.39, 0.29) is 30.4 Å². The van der Waals surface area contributed by atoms with Gasteiger partial charge in [0.2, 0.25) is 0 Å². The summed E-state index contributed by atoms with van der Waals surface area (Å²) in [6.07, 6.45) is 1.97. The lowest BCUT2D eigenvalue weighted by molar-refractivity contribution is -0.133. The van der Waals surface area contributed by atoms with Crippen LogP contribution in [0.25, 0.3) is 0 Å². The molecule has 1 saturated carbocycles. The summed E-state index contributed by atoms with van der Waals surface area (Å²) < 4.78 is 0. The summed E-state index contributed by atoms with van der Waals surface area (Å²) in [6.45, 7) is 4.37. The molecular weight excluding hydrogens is 368 g/mol. The lowest BCUT2D eigenvalue weighted by Crippen LogP contribution is -2.53. The van der Waals surface area contributed by atoms with E-state index < -0.39 is 5.54 Å². The number of carbonyl (C=O) groups excluding carboxylic acids is 3. The Kier molecular flexibility index (Phi) is 4.60. The number of benzene rings is 1. The van der Waals surface area contributed by atoms with Crippen LogP contribution >= 0.6 is 11.6 Å². The number of imide groups is 1. The zero-order valence-corrected chi connectivity index (χ0v) is 16.0. The van der Waals surface area contributed by atoms with Crippen molar-refractivity contribution in [3.63, 3.8) is 0 Å². The van der Waals surface area contributed by atoms with Crippen molar-refractivity contribution in [1.82, 2.24) is 20.0 Å². The first-order valence-corrected chi connectivity index (χ1v) is 9.68. The van der Waals surface area contributed by atoms with Crippen molar-refractivity contribution in [3.05, 3.63) is 34.9 Å². The summed E-state index contributed by atoms with van der Waals surface area (Å²) in [6, 6.07) is 6.71. The molecule has 2 heterocycles. The number of piperazine rings is 1.